The second kappa shape index (κ2) is 8.15. The number of aliphatic hydroxyl groups excluding tert-OH is 1. The van der Waals surface area contributed by atoms with Gasteiger partial charge in [0, 0.05) is 0 Å². The van der Waals surface area contributed by atoms with Crippen molar-refractivity contribution in [1.29, 1.82) is 0 Å². The van der Waals surface area contributed by atoms with Gasteiger partial charge in [-0.15, -0.1) is 9.24 Å². The van der Waals surface area contributed by atoms with Gasteiger partial charge in [0.2, 0.25) is 0 Å². The van der Waals surface area contributed by atoms with E-state index in [9.17, 15) is 5.11 Å². The maximum absolute atomic E-state index is 10.3. The topological polar surface area (TPSA) is 20.2 Å². The van der Waals surface area contributed by atoms with Crippen molar-refractivity contribution in [2.24, 2.45) is 46.8 Å². The molecule has 0 aromatic carbocycles. The van der Waals surface area contributed by atoms with E-state index in [1.807, 2.05) is 0 Å². The molecule has 10 atom stereocenters. The summed E-state index contributed by atoms with van der Waals surface area (Å²) in [4.78, 5) is 0. The van der Waals surface area contributed by atoms with Crippen LogP contribution >= 0.6 is 9.24 Å². The van der Waals surface area contributed by atoms with Gasteiger partial charge in [-0.3, -0.25) is 0 Å². The molecule has 0 radical (unpaired) electrons. The maximum atomic E-state index is 10.3. The molecule has 0 saturated heterocycles. The number of hydrogen-bond acceptors (Lipinski definition) is 1. The van der Waals surface area contributed by atoms with E-state index in [1.165, 1.54) is 64.2 Å². The van der Waals surface area contributed by atoms with Gasteiger partial charge in [0.1, 0.15) is 0 Å². The second-order valence-electron chi connectivity index (χ2n) is 12.2. The zero-order valence-electron chi connectivity index (χ0n) is 19.1. The van der Waals surface area contributed by atoms with Crippen LogP contribution in [-0.2, 0) is 0 Å². The zero-order chi connectivity index (χ0) is 20.1. The molecule has 0 spiro atoms. The van der Waals surface area contributed by atoms with Gasteiger partial charge in [-0.05, 0) is 110 Å². The molecule has 0 aromatic rings. The number of fused-ring (bicyclic) bond motifs is 5. The summed E-state index contributed by atoms with van der Waals surface area (Å²) in [6, 6.07) is 0. The summed E-state index contributed by atoms with van der Waals surface area (Å²) < 4.78 is 0. The van der Waals surface area contributed by atoms with Crippen LogP contribution in [0.1, 0.15) is 105 Å². The van der Waals surface area contributed by atoms with Crippen molar-refractivity contribution in [3.8, 4) is 0 Å². The van der Waals surface area contributed by atoms with Crippen molar-refractivity contribution in [3.63, 3.8) is 0 Å². The Labute approximate surface area is 177 Å². The van der Waals surface area contributed by atoms with Gasteiger partial charge in [-0.25, -0.2) is 0 Å². The van der Waals surface area contributed by atoms with Crippen LogP contribution in [0.3, 0.4) is 0 Å². The minimum absolute atomic E-state index is 0.0195. The average Bonchev–Trinajstić information content (AvgIpc) is 3.07. The third kappa shape index (κ3) is 3.64. The maximum Gasteiger partial charge on any atom is 0.0543 e. The second-order valence-corrected chi connectivity index (χ2v) is 13.3. The van der Waals surface area contributed by atoms with Crippen LogP contribution in [0.25, 0.3) is 0 Å². The van der Waals surface area contributed by atoms with E-state index in [0.717, 1.165) is 54.3 Å². The molecule has 4 fully saturated rings. The monoisotopic (exact) mass is 406 g/mol. The predicted octanol–water partition coefficient (Wildman–Crippen LogP) is 7.08. The lowest BCUT2D eigenvalue weighted by Gasteiger charge is -2.63. The molecule has 162 valence electrons. The quantitative estimate of drug-likeness (QED) is 0.484. The Morgan fingerprint density at radius 1 is 0.964 bits per heavy atom. The minimum Gasteiger partial charge on any atom is -0.393 e. The van der Waals surface area contributed by atoms with E-state index in [1.54, 1.807) is 0 Å². The van der Waals surface area contributed by atoms with Gasteiger partial charge >= 0.3 is 0 Å². The summed E-state index contributed by atoms with van der Waals surface area (Å²) >= 11 is 0. The molecule has 4 saturated carbocycles. The van der Waals surface area contributed by atoms with Gasteiger partial charge in [0.05, 0.1) is 6.10 Å². The Morgan fingerprint density at radius 3 is 2.50 bits per heavy atom. The van der Waals surface area contributed by atoms with Crippen molar-refractivity contribution in [2.75, 3.05) is 0 Å². The van der Waals surface area contributed by atoms with Crippen LogP contribution in [0.15, 0.2) is 0 Å². The molecule has 4 aliphatic rings. The highest BCUT2D eigenvalue weighted by atomic mass is 31.0. The van der Waals surface area contributed by atoms with E-state index in [0.29, 0.717) is 10.6 Å². The highest BCUT2D eigenvalue weighted by molar-refractivity contribution is 7.19. The van der Waals surface area contributed by atoms with Crippen molar-refractivity contribution >= 4 is 9.24 Å². The Balaban J connectivity index is 1.46. The van der Waals surface area contributed by atoms with Crippen molar-refractivity contribution in [2.45, 2.75) is 116 Å². The Bertz CT molecular complexity index is 547. The summed E-state index contributed by atoms with van der Waals surface area (Å²) in [7, 11) is 3.50. The highest BCUT2D eigenvalue weighted by Gasteiger charge is 2.61. The molecule has 1 N–H and O–H groups in total. The molecule has 0 heterocycles. The van der Waals surface area contributed by atoms with Crippen molar-refractivity contribution in [3.05, 3.63) is 0 Å². The van der Waals surface area contributed by atoms with Crippen LogP contribution in [0, 0.1) is 46.8 Å². The van der Waals surface area contributed by atoms with Gasteiger partial charge in [-0.1, -0.05) is 47.0 Å². The molecule has 28 heavy (non-hydrogen) atoms. The van der Waals surface area contributed by atoms with E-state index in [2.05, 4.69) is 36.9 Å². The van der Waals surface area contributed by atoms with E-state index in [-0.39, 0.29) is 6.10 Å². The lowest BCUT2D eigenvalue weighted by Crippen LogP contribution is -2.59. The largest absolute Gasteiger partial charge is 0.393 e. The van der Waals surface area contributed by atoms with E-state index < -0.39 is 0 Å². The average molecular weight is 407 g/mol. The third-order valence-corrected chi connectivity index (χ3v) is 11.5. The fraction of sp³-hybridized carbons (Fsp3) is 1.00. The molecule has 4 rings (SSSR count). The first-order valence-electron chi connectivity index (χ1n) is 12.7. The van der Waals surface area contributed by atoms with Crippen molar-refractivity contribution < 1.29 is 5.11 Å². The molecule has 2 heteroatoms. The zero-order valence-corrected chi connectivity index (χ0v) is 20.3. The summed E-state index contributed by atoms with van der Waals surface area (Å²) in [6.07, 6.45) is 16.4. The minimum atomic E-state index is -0.0195. The van der Waals surface area contributed by atoms with Crippen LogP contribution in [-0.4, -0.2) is 16.4 Å². The van der Waals surface area contributed by atoms with Crippen molar-refractivity contribution in [1.82, 2.24) is 0 Å². The lowest BCUT2D eigenvalue weighted by atomic mass is 9.46. The standard InChI is InChI=1S/C26H47OP/c1-17(2)6-5-7-18(3)21-8-10-23-22(21)9-11-24-25(4)14-13-20(27)16-19(25)12-15-26(23,24)28/h17-24,27H,5-16,28H2,1-4H3. The van der Waals surface area contributed by atoms with Crippen LogP contribution < -0.4 is 0 Å². The Hall–Kier alpha value is 0.390. The summed E-state index contributed by atoms with van der Waals surface area (Å²) in [5.74, 6) is 6.39. The van der Waals surface area contributed by atoms with Gasteiger partial charge in [-0.2, -0.15) is 0 Å². The first-order valence-corrected chi connectivity index (χ1v) is 13.3. The molecule has 0 bridgehead atoms. The fourth-order valence-electron chi connectivity index (χ4n) is 8.87. The number of rotatable bonds is 5. The highest BCUT2D eigenvalue weighted by Crippen LogP contribution is 2.68. The number of aliphatic hydroxyl groups is 1. The van der Waals surface area contributed by atoms with Gasteiger partial charge in [0.15, 0.2) is 0 Å². The van der Waals surface area contributed by atoms with Gasteiger partial charge < -0.3 is 5.11 Å². The molecular formula is C26H47OP. The first-order chi connectivity index (χ1) is 13.3. The lowest BCUT2D eigenvalue weighted by molar-refractivity contribution is -0.0959. The molecule has 1 nitrogen and oxygen atoms in total. The van der Waals surface area contributed by atoms with Crippen LogP contribution in [0.5, 0.6) is 0 Å². The normalized spacial score (nSPS) is 49.4. The molecule has 0 aromatic heterocycles. The molecule has 10 unspecified atom stereocenters. The van der Waals surface area contributed by atoms with Crippen LogP contribution in [0.2, 0.25) is 0 Å². The van der Waals surface area contributed by atoms with Crippen LogP contribution in [0.4, 0.5) is 0 Å². The summed E-state index contributed by atoms with van der Waals surface area (Å²) in [5.41, 5.74) is 0.491. The van der Waals surface area contributed by atoms with E-state index >= 15 is 0 Å². The fourth-order valence-corrected chi connectivity index (χ4v) is 10.00. The summed E-state index contributed by atoms with van der Waals surface area (Å²) in [6.45, 7) is 9.94. The molecule has 0 aliphatic heterocycles. The number of hydrogen-bond donors (Lipinski definition) is 1. The Kier molecular flexibility index (Phi) is 6.29. The first kappa shape index (κ1) is 21.6. The summed E-state index contributed by atoms with van der Waals surface area (Å²) in [5, 5.41) is 10.8. The molecule has 4 aliphatic carbocycles. The smallest absolute Gasteiger partial charge is 0.0543 e. The third-order valence-electron chi connectivity index (χ3n) is 10.4. The van der Waals surface area contributed by atoms with E-state index in [4.69, 9.17) is 0 Å². The van der Waals surface area contributed by atoms with Gasteiger partial charge in [0.25, 0.3) is 0 Å². The molecular weight excluding hydrogens is 359 g/mol. The SMILES string of the molecule is CC(C)CCCC(C)C1CCC2C1CCC1C3(C)CCC(O)CC3CCC21P. The predicted molar refractivity (Wildman–Crippen MR) is 123 cm³/mol. The molecule has 0 amide bonds. The Morgan fingerprint density at radius 2 is 1.75 bits per heavy atom.